The van der Waals surface area contributed by atoms with Gasteiger partial charge in [0.1, 0.15) is 24.2 Å². The number of rotatable bonds is 39. The summed E-state index contributed by atoms with van der Waals surface area (Å²) in [7, 11) is 1.88. The van der Waals surface area contributed by atoms with E-state index in [-0.39, 0.29) is 29.1 Å². The first kappa shape index (κ1) is 74.4. The monoisotopic (exact) mass is 1290 g/mol. The van der Waals surface area contributed by atoms with Crippen molar-refractivity contribution in [2.75, 3.05) is 39.8 Å². The van der Waals surface area contributed by atoms with Gasteiger partial charge >= 0.3 is 0 Å². The number of para-hydroxylation sites is 2. The SMILES string of the molecule is CCC(C)CCCCC(N)C(=O)NC(CCCCN)C(=O)NC(CNCC1(Cc2ccc(C(C)(C)C)cc2)CC2=C(CC(C(C)(C)C)=CC2)C1=NC(Cc1c[nH]c2ccccc12)C(=O)NC(CCCCNC)C(=O)NC(CCCCN)C(N)=O)Cc1c[nH]c2ccccc12. The van der Waals surface area contributed by atoms with Gasteiger partial charge in [-0.2, -0.15) is 0 Å². The van der Waals surface area contributed by atoms with Crippen LogP contribution in [0.4, 0.5) is 0 Å². The molecule has 0 saturated carbocycles. The number of fused-ring (bicyclic) bond motifs is 2. The average Bonchev–Trinajstić information content (AvgIpc) is 1.58. The molecule has 0 aliphatic heterocycles. The van der Waals surface area contributed by atoms with E-state index >= 15 is 9.59 Å². The van der Waals surface area contributed by atoms with Crippen molar-refractivity contribution in [2.24, 2.45) is 44.7 Å². The number of carbonyl (C=O) groups is 5. The van der Waals surface area contributed by atoms with Crippen molar-refractivity contribution in [1.82, 2.24) is 41.9 Å². The number of aliphatic imine (C=N–C) groups is 1. The molecule has 0 fully saturated rings. The molecule has 7 rings (SSSR count). The second kappa shape index (κ2) is 35.7. The molecule has 5 aromatic rings. The van der Waals surface area contributed by atoms with Gasteiger partial charge in [-0.05, 0) is 180 Å². The zero-order chi connectivity index (χ0) is 68.0. The van der Waals surface area contributed by atoms with Crippen LogP contribution in [0.3, 0.4) is 0 Å². The number of primary amides is 1. The van der Waals surface area contributed by atoms with Crippen LogP contribution >= 0.6 is 0 Å². The fourth-order valence-corrected chi connectivity index (χ4v) is 13.5. The van der Waals surface area contributed by atoms with Crippen LogP contribution in [-0.4, -0.2) is 121 Å². The minimum absolute atomic E-state index is 0.0847. The molecule has 94 heavy (non-hydrogen) atoms. The normalized spacial score (nSPS) is 17.9. The second-order valence-electron chi connectivity index (χ2n) is 29.1. The van der Waals surface area contributed by atoms with Crippen molar-refractivity contribution in [3.63, 3.8) is 0 Å². The van der Waals surface area contributed by atoms with Gasteiger partial charge in [-0.3, -0.25) is 29.0 Å². The summed E-state index contributed by atoms with van der Waals surface area (Å²) in [6, 6.07) is 20.1. The van der Waals surface area contributed by atoms with Crippen molar-refractivity contribution in [1.29, 1.82) is 0 Å². The maximum Gasteiger partial charge on any atom is 0.245 e. The number of hydrogen-bond acceptors (Lipinski definition) is 11. The van der Waals surface area contributed by atoms with Gasteiger partial charge < -0.3 is 64.8 Å². The Hall–Kier alpha value is -6.96. The molecule has 0 saturated heterocycles. The highest BCUT2D eigenvalue weighted by molar-refractivity contribution is 6.10. The molecule has 18 heteroatoms. The first-order valence-corrected chi connectivity index (χ1v) is 35.2. The molecule has 514 valence electrons. The fraction of sp³-hybridized carbons (Fsp3) is 0.579. The fourth-order valence-electron chi connectivity index (χ4n) is 13.5. The van der Waals surface area contributed by atoms with E-state index in [2.05, 4.69) is 140 Å². The van der Waals surface area contributed by atoms with E-state index < -0.39 is 59.4 Å². The summed E-state index contributed by atoms with van der Waals surface area (Å²) in [6.45, 7) is 20.2. The lowest BCUT2D eigenvalue weighted by Gasteiger charge is -2.35. The standard InChI is InChI=1S/C76H115N13O5/c1-10-50(2)23-11-14-26-61(79)70(91)88-65(30-18-21-39-78)71(92)85-57(41-53-46-83-62-27-15-12-24-58(53)62)48-82-49-76(44-51-32-35-55(36-33-51)74(3,4)5)45-52-34-37-56(75(6,7)8)43-60(52)68(76)86-67(42-54-47-84-63-28-16-13-25-59(54)63)73(94)89-66(31-19-22-40-81-9)72(93)87-64(69(80)90)29-17-20-38-77/h12-13,15-16,24-25,27-28,32-33,35-37,46-47,50,57,61,64-67,81-84H,10-11,14,17-23,26,29-31,34,38-45,48-49,77-79H2,1-9H3,(H2,80,90)(H,85,92)(H,87,93)(H,88,91)(H,89,94). The second-order valence-corrected chi connectivity index (χ2v) is 29.1. The van der Waals surface area contributed by atoms with Gasteiger partial charge in [0.2, 0.25) is 29.5 Å². The number of benzene rings is 3. The van der Waals surface area contributed by atoms with Crippen LogP contribution < -0.4 is 54.8 Å². The van der Waals surface area contributed by atoms with E-state index in [0.717, 1.165) is 94.9 Å². The Morgan fingerprint density at radius 1 is 0.649 bits per heavy atom. The Balaban J connectivity index is 1.32. The minimum Gasteiger partial charge on any atom is -0.368 e. The van der Waals surface area contributed by atoms with E-state index in [9.17, 15) is 14.4 Å². The number of hydrogen-bond donors (Lipinski definition) is 12. The largest absolute Gasteiger partial charge is 0.368 e. The first-order valence-electron chi connectivity index (χ1n) is 35.2. The lowest BCUT2D eigenvalue weighted by molar-refractivity contribution is -0.132. The van der Waals surface area contributed by atoms with Crippen LogP contribution in [0.15, 0.2) is 113 Å². The highest BCUT2D eigenvalue weighted by atomic mass is 16.2. The van der Waals surface area contributed by atoms with Crippen molar-refractivity contribution in [3.05, 3.63) is 130 Å². The summed E-state index contributed by atoms with van der Waals surface area (Å²) in [4.78, 5) is 85.1. The van der Waals surface area contributed by atoms with E-state index in [4.69, 9.17) is 27.9 Å². The maximum absolute atomic E-state index is 15.8. The number of nitrogens with zero attached hydrogens (tertiary/aromatic N) is 1. The molecule has 18 nitrogen and oxygen atoms in total. The Bertz CT molecular complexity index is 3370. The molecular weight excluding hydrogens is 1170 g/mol. The Morgan fingerprint density at radius 3 is 1.79 bits per heavy atom. The van der Waals surface area contributed by atoms with Gasteiger partial charge in [-0.25, -0.2) is 0 Å². The number of aromatic amines is 2. The number of amides is 5. The lowest BCUT2D eigenvalue weighted by Crippen LogP contribution is -2.55. The van der Waals surface area contributed by atoms with Gasteiger partial charge in [-0.15, -0.1) is 0 Å². The summed E-state index contributed by atoms with van der Waals surface area (Å²) in [5.41, 5.74) is 34.1. The molecule has 0 spiro atoms. The van der Waals surface area contributed by atoms with Gasteiger partial charge in [0.15, 0.2) is 0 Å². The Labute approximate surface area is 560 Å². The predicted octanol–water partition coefficient (Wildman–Crippen LogP) is 9.83. The predicted molar refractivity (Wildman–Crippen MR) is 384 cm³/mol. The molecule has 2 aliphatic rings. The topological polar surface area (TPSA) is 306 Å². The van der Waals surface area contributed by atoms with Crippen molar-refractivity contribution in [3.8, 4) is 0 Å². The summed E-state index contributed by atoms with van der Waals surface area (Å²) in [6.07, 6.45) is 19.2. The molecule has 0 radical (unpaired) electrons. The molecule has 16 N–H and O–H groups in total. The van der Waals surface area contributed by atoms with Crippen LogP contribution in [0.25, 0.3) is 21.8 Å². The van der Waals surface area contributed by atoms with E-state index in [1.807, 2.05) is 55.8 Å². The number of carbonyl (C=O) groups excluding carboxylic acids is 5. The quantitative estimate of drug-likeness (QED) is 0.0130. The van der Waals surface area contributed by atoms with E-state index in [1.165, 1.54) is 16.7 Å². The van der Waals surface area contributed by atoms with Crippen LogP contribution in [0.2, 0.25) is 0 Å². The molecule has 0 bridgehead atoms. The summed E-state index contributed by atoms with van der Waals surface area (Å²) in [5, 5.41) is 21.9. The maximum atomic E-state index is 15.8. The summed E-state index contributed by atoms with van der Waals surface area (Å²) in [5.74, 6) is -1.54. The van der Waals surface area contributed by atoms with Crippen LogP contribution in [-0.2, 0) is 48.7 Å². The molecule has 2 heterocycles. The minimum atomic E-state index is -1.02. The van der Waals surface area contributed by atoms with Crippen LogP contribution in [0, 0.1) is 16.7 Å². The molecule has 8 atom stereocenters. The molecule has 3 aromatic carbocycles. The third-order valence-electron chi connectivity index (χ3n) is 19.6. The molecule has 2 aliphatic carbocycles. The lowest BCUT2D eigenvalue weighted by atomic mass is 9.74. The third-order valence-corrected chi connectivity index (χ3v) is 19.6. The number of allylic oxidation sites excluding steroid dienone is 4. The van der Waals surface area contributed by atoms with Gasteiger partial charge in [0.05, 0.1) is 6.04 Å². The van der Waals surface area contributed by atoms with E-state index in [1.54, 1.807) is 0 Å². The first-order chi connectivity index (χ1) is 45.0. The van der Waals surface area contributed by atoms with Crippen LogP contribution in [0.1, 0.15) is 187 Å². The third kappa shape index (κ3) is 21.3. The zero-order valence-corrected chi connectivity index (χ0v) is 58.2. The van der Waals surface area contributed by atoms with Gasteiger partial charge in [-0.1, -0.05) is 159 Å². The summed E-state index contributed by atoms with van der Waals surface area (Å²) >= 11 is 0. The van der Waals surface area contributed by atoms with Gasteiger partial charge in [0, 0.05) is 70.9 Å². The average molecular weight is 1290 g/mol. The van der Waals surface area contributed by atoms with Crippen molar-refractivity contribution in [2.45, 2.75) is 225 Å². The molecule has 8 unspecified atom stereocenters. The zero-order valence-electron chi connectivity index (χ0n) is 58.2. The molecule has 5 amide bonds. The van der Waals surface area contributed by atoms with E-state index in [0.29, 0.717) is 116 Å². The van der Waals surface area contributed by atoms with Crippen LogP contribution in [0.5, 0.6) is 0 Å². The number of nitrogens with two attached hydrogens (primary N) is 4. The number of nitrogens with one attached hydrogen (secondary N) is 8. The van der Waals surface area contributed by atoms with Crippen molar-refractivity contribution < 1.29 is 24.0 Å². The van der Waals surface area contributed by atoms with Crippen molar-refractivity contribution >= 4 is 57.1 Å². The smallest absolute Gasteiger partial charge is 0.245 e. The number of unbranched alkanes of at least 4 members (excludes halogenated alkanes) is 4. The number of aromatic nitrogens is 2. The highest BCUT2D eigenvalue weighted by Crippen LogP contribution is 2.50. The Kier molecular flexibility index (Phi) is 28.3. The Morgan fingerprint density at radius 2 is 1.20 bits per heavy atom. The summed E-state index contributed by atoms with van der Waals surface area (Å²) < 4.78 is 0. The molecule has 2 aromatic heterocycles. The number of H-pyrrole nitrogens is 2. The van der Waals surface area contributed by atoms with Gasteiger partial charge in [0.25, 0.3) is 0 Å². The molecular formula is C76H115N13O5. The highest BCUT2D eigenvalue weighted by Gasteiger charge is 2.47.